The number of nitrogens with two attached hydrogens (primary N) is 1. The summed E-state index contributed by atoms with van der Waals surface area (Å²) in [7, 11) is 0. The molecule has 1 atom stereocenters. The summed E-state index contributed by atoms with van der Waals surface area (Å²) >= 11 is 0. The third-order valence-corrected chi connectivity index (χ3v) is 3.59. The van der Waals surface area contributed by atoms with Crippen LogP contribution in [0.3, 0.4) is 0 Å². The molecule has 2 aromatic carbocycles. The van der Waals surface area contributed by atoms with Crippen LogP contribution in [0.2, 0.25) is 0 Å². The number of rotatable bonds is 6. The molecule has 24 heavy (non-hydrogen) atoms. The summed E-state index contributed by atoms with van der Waals surface area (Å²) in [5.74, 6) is -0.406. The smallest absolute Gasteiger partial charge is 0.316 e. The molecule has 0 bridgehead atoms. The Morgan fingerprint density at radius 1 is 1.17 bits per heavy atom. The van der Waals surface area contributed by atoms with Crippen molar-refractivity contribution in [2.45, 2.75) is 25.8 Å². The molecule has 0 saturated carbocycles. The van der Waals surface area contributed by atoms with Crippen molar-refractivity contribution in [3.8, 4) is 0 Å². The van der Waals surface area contributed by atoms with Crippen molar-refractivity contribution in [3.05, 3.63) is 65.5 Å². The number of carbonyl (C=O) groups is 2. The molecule has 0 fully saturated rings. The predicted octanol–water partition coefficient (Wildman–Crippen LogP) is 3.13. The number of amides is 3. The van der Waals surface area contributed by atoms with Crippen molar-refractivity contribution in [2.75, 3.05) is 5.32 Å². The van der Waals surface area contributed by atoms with E-state index in [0.29, 0.717) is 12.1 Å². The lowest BCUT2D eigenvalue weighted by Gasteiger charge is -2.15. The van der Waals surface area contributed by atoms with Gasteiger partial charge in [0.1, 0.15) is 5.82 Å². The van der Waals surface area contributed by atoms with Crippen molar-refractivity contribution >= 4 is 17.6 Å². The molecule has 0 spiro atoms. The zero-order valence-corrected chi connectivity index (χ0v) is 13.4. The molecular formula is C18H20FN3O2. The van der Waals surface area contributed by atoms with Gasteiger partial charge in [0.05, 0.1) is 6.04 Å². The van der Waals surface area contributed by atoms with E-state index in [0.717, 1.165) is 11.1 Å². The fourth-order valence-corrected chi connectivity index (χ4v) is 2.34. The third kappa shape index (κ3) is 5.39. The average Bonchev–Trinajstić information content (AvgIpc) is 2.53. The van der Waals surface area contributed by atoms with Crippen LogP contribution in [-0.2, 0) is 11.2 Å². The Kier molecular flexibility index (Phi) is 5.89. The molecule has 0 aliphatic rings. The summed E-state index contributed by atoms with van der Waals surface area (Å²) in [6.45, 7) is 1.87. The zero-order chi connectivity index (χ0) is 17.5. The van der Waals surface area contributed by atoms with Crippen LogP contribution in [0.25, 0.3) is 0 Å². The van der Waals surface area contributed by atoms with Crippen molar-refractivity contribution in [3.63, 3.8) is 0 Å². The Morgan fingerprint density at radius 3 is 2.50 bits per heavy atom. The second-order valence-electron chi connectivity index (χ2n) is 5.53. The number of benzene rings is 2. The highest BCUT2D eigenvalue weighted by Gasteiger charge is 2.10. The highest BCUT2D eigenvalue weighted by Crippen LogP contribution is 2.16. The van der Waals surface area contributed by atoms with Crippen molar-refractivity contribution < 1.29 is 14.0 Å². The van der Waals surface area contributed by atoms with Crippen LogP contribution in [0.15, 0.2) is 48.5 Å². The standard InChI is InChI=1S/C18H20FN3O2/c1-12(14-6-8-16(9-7-14)22-18(20)24)21-17(23)10-5-13-3-2-4-15(19)11-13/h2-4,6-9,11-12H,5,10H2,1H3,(H,21,23)(H3,20,22,24). The molecule has 0 aromatic heterocycles. The number of carbonyl (C=O) groups excluding carboxylic acids is 2. The molecule has 0 aliphatic heterocycles. The van der Waals surface area contributed by atoms with Gasteiger partial charge in [0.15, 0.2) is 0 Å². The van der Waals surface area contributed by atoms with Crippen LogP contribution in [0.5, 0.6) is 0 Å². The van der Waals surface area contributed by atoms with E-state index in [1.165, 1.54) is 12.1 Å². The van der Waals surface area contributed by atoms with Gasteiger partial charge in [-0.3, -0.25) is 4.79 Å². The molecule has 5 nitrogen and oxygen atoms in total. The molecule has 0 saturated heterocycles. The van der Waals surface area contributed by atoms with Gasteiger partial charge in [0.25, 0.3) is 0 Å². The number of halogens is 1. The van der Waals surface area contributed by atoms with Gasteiger partial charge >= 0.3 is 6.03 Å². The maximum absolute atomic E-state index is 13.1. The molecule has 0 aliphatic carbocycles. The molecule has 4 N–H and O–H groups in total. The maximum atomic E-state index is 13.1. The lowest BCUT2D eigenvalue weighted by atomic mass is 10.1. The number of aryl methyl sites for hydroxylation is 1. The predicted molar refractivity (Wildman–Crippen MR) is 90.9 cm³/mol. The second kappa shape index (κ2) is 8.10. The Labute approximate surface area is 140 Å². The summed E-state index contributed by atoms with van der Waals surface area (Å²) in [6, 6.07) is 12.5. The van der Waals surface area contributed by atoms with E-state index in [9.17, 15) is 14.0 Å². The van der Waals surface area contributed by atoms with Gasteiger partial charge in [-0.2, -0.15) is 0 Å². The quantitative estimate of drug-likeness (QED) is 0.761. The summed E-state index contributed by atoms with van der Waals surface area (Å²) in [4.78, 5) is 22.8. The van der Waals surface area contributed by atoms with Crippen LogP contribution >= 0.6 is 0 Å². The lowest BCUT2D eigenvalue weighted by molar-refractivity contribution is -0.121. The van der Waals surface area contributed by atoms with Crippen molar-refractivity contribution in [1.29, 1.82) is 0 Å². The summed E-state index contributed by atoms with van der Waals surface area (Å²) in [5.41, 5.74) is 7.34. The Bertz CT molecular complexity index is 716. The van der Waals surface area contributed by atoms with E-state index in [-0.39, 0.29) is 24.2 Å². The molecule has 2 aromatic rings. The van der Waals surface area contributed by atoms with Gasteiger partial charge in [-0.15, -0.1) is 0 Å². The van der Waals surface area contributed by atoms with E-state index in [2.05, 4.69) is 10.6 Å². The van der Waals surface area contributed by atoms with E-state index in [4.69, 9.17) is 5.73 Å². The fourth-order valence-electron chi connectivity index (χ4n) is 2.34. The van der Waals surface area contributed by atoms with E-state index >= 15 is 0 Å². The first kappa shape index (κ1) is 17.5. The number of nitrogens with one attached hydrogen (secondary N) is 2. The Morgan fingerprint density at radius 2 is 1.88 bits per heavy atom. The van der Waals surface area contributed by atoms with E-state index in [1.54, 1.807) is 24.3 Å². The number of primary amides is 1. The zero-order valence-electron chi connectivity index (χ0n) is 13.4. The summed E-state index contributed by atoms with van der Waals surface area (Å²) < 4.78 is 13.1. The first-order valence-electron chi connectivity index (χ1n) is 7.64. The molecular weight excluding hydrogens is 309 g/mol. The molecule has 6 heteroatoms. The molecule has 0 radical (unpaired) electrons. The molecule has 126 valence electrons. The molecule has 2 rings (SSSR count). The lowest BCUT2D eigenvalue weighted by Crippen LogP contribution is -2.26. The number of urea groups is 1. The number of hydrogen-bond donors (Lipinski definition) is 3. The van der Waals surface area contributed by atoms with Crippen LogP contribution in [0, 0.1) is 5.82 Å². The normalized spacial score (nSPS) is 11.6. The topological polar surface area (TPSA) is 84.2 Å². The van der Waals surface area contributed by atoms with Crippen molar-refractivity contribution in [1.82, 2.24) is 5.32 Å². The average molecular weight is 329 g/mol. The van der Waals surface area contributed by atoms with Crippen LogP contribution in [-0.4, -0.2) is 11.9 Å². The third-order valence-electron chi connectivity index (χ3n) is 3.59. The largest absolute Gasteiger partial charge is 0.351 e. The molecule has 3 amide bonds. The van der Waals surface area contributed by atoms with Gasteiger partial charge in [0, 0.05) is 12.1 Å². The van der Waals surface area contributed by atoms with Crippen LogP contribution in [0.4, 0.5) is 14.9 Å². The monoisotopic (exact) mass is 329 g/mol. The van der Waals surface area contributed by atoms with E-state index in [1.807, 2.05) is 19.1 Å². The minimum atomic E-state index is -0.624. The number of hydrogen-bond acceptors (Lipinski definition) is 2. The first-order valence-corrected chi connectivity index (χ1v) is 7.64. The first-order chi connectivity index (χ1) is 11.4. The maximum Gasteiger partial charge on any atom is 0.316 e. The van der Waals surface area contributed by atoms with E-state index < -0.39 is 6.03 Å². The van der Waals surface area contributed by atoms with Gasteiger partial charge in [-0.05, 0) is 48.7 Å². The highest BCUT2D eigenvalue weighted by atomic mass is 19.1. The van der Waals surface area contributed by atoms with Gasteiger partial charge in [-0.1, -0.05) is 24.3 Å². The van der Waals surface area contributed by atoms with Gasteiger partial charge in [-0.25, -0.2) is 9.18 Å². The number of anilines is 1. The van der Waals surface area contributed by atoms with Crippen LogP contribution < -0.4 is 16.4 Å². The van der Waals surface area contributed by atoms with Gasteiger partial charge < -0.3 is 16.4 Å². The minimum Gasteiger partial charge on any atom is -0.351 e. The minimum absolute atomic E-state index is 0.105. The van der Waals surface area contributed by atoms with Gasteiger partial charge in [0.2, 0.25) is 5.91 Å². The highest BCUT2D eigenvalue weighted by molar-refractivity contribution is 5.87. The summed E-state index contributed by atoms with van der Waals surface area (Å²) in [6.07, 6.45) is 0.771. The Balaban J connectivity index is 1.85. The fraction of sp³-hybridized carbons (Fsp3) is 0.222. The van der Waals surface area contributed by atoms with Crippen molar-refractivity contribution in [2.24, 2.45) is 5.73 Å². The molecule has 1 unspecified atom stereocenters. The summed E-state index contributed by atoms with van der Waals surface area (Å²) in [5, 5.41) is 5.37. The molecule has 0 heterocycles. The Hall–Kier alpha value is -2.89. The second-order valence-corrected chi connectivity index (χ2v) is 5.53. The SMILES string of the molecule is CC(NC(=O)CCc1cccc(F)c1)c1ccc(NC(N)=O)cc1. The van der Waals surface area contributed by atoms with Crippen LogP contribution in [0.1, 0.15) is 30.5 Å².